The monoisotopic (exact) mass is 315 g/mol. The van der Waals surface area contributed by atoms with E-state index in [2.05, 4.69) is 4.90 Å². The second-order valence-electron chi connectivity index (χ2n) is 5.33. The summed E-state index contributed by atoms with van der Waals surface area (Å²) in [7, 11) is 0. The number of hydrogen-bond donors (Lipinski definition) is 1. The SMILES string of the molecule is O=C(O)CC1CCCN(CCSc2cc(F)ccc2F)C1. The summed E-state index contributed by atoms with van der Waals surface area (Å²) >= 11 is 1.30. The average Bonchev–Trinajstić information content (AvgIpc) is 2.42. The second kappa shape index (κ2) is 7.75. The van der Waals surface area contributed by atoms with Gasteiger partial charge >= 0.3 is 5.97 Å². The maximum absolute atomic E-state index is 13.5. The van der Waals surface area contributed by atoms with Crippen molar-refractivity contribution in [2.24, 2.45) is 5.92 Å². The minimum atomic E-state index is -0.752. The molecule has 0 saturated carbocycles. The molecule has 1 saturated heterocycles. The van der Waals surface area contributed by atoms with E-state index in [1.165, 1.54) is 17.8 Å². The van der Waals surface area contributed by atoms with Crippen molar-refractivity contribution in [3.63, 3.8) is 0 Å². The van der Waals surface area contributed by atoms with Crippen molar-refractivity contribution in [2.75, 3.05) is 25.4 Å². The summed E-state index contributed by atoms with van der Waals surface area (Å²) in [6, 6.07) is 3.46. The van der Waals surface area contributed by atoms with Crippen LogP contribution in [0.1, 0.15) is 19.3 Å². The Balaban J connectivity index is 1.77. The number of carbonyl (C=O) groups is 1. The molecule has 0 bridgehead atoms. The van der Waals surface area contributed by atoms with Crippen molar-refractivity contribution in [1.29, 1.82) is 0 Å². The lowest BCUT2D eigenvalue weighted by atomic mass is 9.95. The lowest BCUT2D eigenvalue weighted by Crippen LogP contribution is -2.37. The summed E-state index contributed by atoms with van der Waals surface area (Å²) in [5, 5.41) is 8.83. The third-order valence-electron chi connectivity index (χ3n) is 3.62. The number of rotatable bonds is 6. The molecule has 2 rings (SSSR count). The highest BCUT2D eigenvalue weighted by molar-refractivity contribution is 7.99. The van der Waals surface area contributed by atoms with Crippen molar-refractivity contribution in [2.45, 2.75) is 24.2 Å². The van der Waals surface area contributed by atoms with Crippen LogP contribution in [-0.2, 0) is 4.79 Å². The standard InChI is InChI=1S/C15H19F2NO2S/c16-12-3-4-13(17)14(9-12)21-7-6-18-5-1-2-11(10-18)8-15(19)20/h3-4,9,11H,1-2,5-8,10H2,(H,19,20). The van der Waals surface area contributed by atoms with Gasteiger partial charge in [-0.3, -0.25) is 4.79 Å². The fourth-order valence-corrected chi connectivity index (χ4v) is 3.61. The van der Waals surface area contributed by atoms with Crippen LogP contribution in [0.3, 0.4) is 0 Å². The van der Waals surface area contributed by atoms with Gasteiger partial charge in [0.25, 0.3) is 0 Å². The predicted octanol–water partition coefficient (Wildman–Crippen LogP) is 3.24. The highest BCUT2D eigenvalue weighted by Crippen LogP contribution is 2.24. The summed E-state index contributed by atoms with van der Waals surface area (Å²) in [5.74, 6) is -0.715. The largest absolute Gasteiger partial charge is 0.481 e. The number of piperidine rings is 1. The van der Waals surface area contributed by atoms with Crippen LogP contribution in [-0.4, -0.2) is 41.4 Å². The number of carboxylic acids is 1. The van der Waals surface area contributed by atoms with Gasteiger partial charge in [-0.25, -0.2) is 8.78 Å². The fourth-order valence-electron chi connectivity index (χ4n) is 2.64. The van der Waals surface area contributed by atoms with Gasteiger partial charge in [0.1, 0.15) is 11.6 Å². The fraction of sp³-hybridized carbons (Fsp3) is 0.533. The number of carboxylic acid groups (broad SMARTS) is 1. The van der Waals surface area contributed by atoms with Gasteiger partial charge in [-0.05, 0) is 43.5 Å². The van der Waals surface area contributed by atoms with Gasteiger partial charge in [-0.15, -0.1) is 11.8 Å². The van der Waals surface area contributed by atoms with Gasteiger partial charge in [0.2, 0.25) is 0 Å². The van der Waals surface area contributed by atoms with Crippen molar-refractivity contribution in [1.82, 2.24) is 4.90 Å². The van der Waals surface area contributed by atoms with Gasteiger partial charge < -0.3 is 10.0 Å². The van der Waals surface area contributed by atoms with Crippen LogP contribution in [0.15, 0.2) is 23.1 Å². The Hall–Kier alpha value is -1.14. The van der Waals surface area contributed by atoms with Crippen LogP contribution in [0.5, 0.6) is 0 Å². The molecule has 3 nitrogen and oxygen atoms in total. The van der Waals surface area contributed by atoms with Crippen LogP contribution < -0.4 is 0 Å². The Morgan fingerprint density at radius 1 is 1.43 bits per heavy atom. The first kappa shape index (κ1) is 16.2. The number of hydrogen-bond acceptors (Lipinski definition) is 3. The van der Waals surface area contributed by atoms with Crippen molar-refractivity contribution in [3.05, 3.63) is 29.8 Å². The Morgan fingerprint density at radius 3 is 3.00 bits per heavy atom. The Kier molecular flexibility index (Phi) is 5.99. The maximum Gasteiger partial charge on any atom is 0.303 e. The molecule has 1 aromatic carbocycles. The predicted molar refractivity (Wildman–Crippen MR) is 78.5 cm³/mol. The third-order valence-corrected chi connectivity index (χ3v) is 4.64. The van der Waals surface area contributed by atoms with E-state index < -0.39 is 17.6 Å². The van der Waals surface area contributed by atoms with E-state index in [9.17, 15) is 13.6 Å². The molecule has 1 aliphatic rings. The molecule has 1 fully saturated rings. The number of benzene rings is 1. The first-order valence-electron chi connectivity index (χ1n) is 7.06. The first-order chi connectivity index (χ1) is 10.0. The highest BCUT2D eigenvalue weighted by atomic mass is 32.2. The van der Waals surface area contributed by atoms with Crippen LogP contribution in [0.2, 0.25) is 0 Å². The van der Waals surface area contributed by atoms with E-state index in [0.717, 1.165) is 44.6 Å². The summed E-state index contributed by atoms with van der Waals surface area (Å²) in [5.41, 5.74) is 0. The van der Waals surface area contributed by atoms with Crippen molar-refractivity contribution < 1.29 is 18.7 Å². The molecule has 1 aromatic rings. The molecule has 1 atom stereocenters. The Bertz CT molecular complexity index is 499. The van der Waals surface area contributed by atoms with Crippen LogP contribution in [0.25, 0.3) is 0 Å². The molecule has 0 spiro atoms. The summed E-state index contributed by atoms with van der Waals surface area (Å²) in [6.45, 7) is 2.48. The zero-order chi connectivity index (χ0) is 15.2. The topological polar surface area (TPSA) is 40.5 Å². The lowest BCUT2D eigenvalue weighted by Gasteiger charge is -2.31. The molecule has 6 heteroatoms. The zero-order valence-electron chi connectivity index (χ0n) is 11.7. The third kappa shape index (κ3) is 5.28. The number of nitrogens with zero attached hydrogens (tertiary/aromatic N) is 1. The highest BCUT2D eigenvalue weighted by Gasteiger charge is 2.21. The molecule has 1 aliphatic heterocycles. The van der Waals surface area contributed by atoms with Crippen LogP contribution in [0.4, 0.5) is 8.78 Å². The molecule has 0 aliphatic carbocycles. The maximum atomic E-state index is 13.5. The van der Waals surface area contributed by atoms with Crippen LogP contribution in [0, 0.1) is 17.6 Å². The van der Waals surface area contributed by atoms with Gasteiger partial charge in [-0.1, -0.05) is 0 Å². The van der Waals surface area contributed by atoms with Crippen molar-refractivity contribution >= 4 is 17.7 Å². The zero-order valence-corrected chi connectivity index (χ0v) is 12.5. The first-order valence-corrected chi connectivity index (χ1v) is 8.05. The Morgan fingerprint density at radius 2 is 2.24 bits per heavy atom. The molecule has 21 heavy (non-hydrogen) atoms. The molecule has 0 aromatic heterocycles. The second-order valence-corrected chi connectivity index (χ2v) is 6.47. The molecule has 1 heterocycles. The van der Waals surface area contributed by atoms with Gasteiger partial charge in [0.05, 0.1) is 0 Å². The number of halogens is 2. The summed E-state index contributed by atoms with van der Waals surface area (Å²) < 4.78 is 26.5. The van der Waals surface area contributed by atoms with E-state index in [0.29, 0.717) is 10.6 Å². The quantitative estimate of drug-likeness (QED) is 0.818. The van der Waals surface area contributed by atoms with E-state index in [4.69, 9.17) is 5.11 Å². The van der Waals surface area contributed by atoms with Crippen molar-refractivity contribution in [3.8, 4) is 0 Å². The smallest absolute Gasteiger partial charge is 0.303 e. The Labute approximate surface area is 127 Å². The molecular weight excluding hydrogens is 296 g/mol. The summed E-state index contributed by atoms with van der Waals surface area (Å²) in [4.78, 5) is 13.3. The minimum absolute atomic E-state index is 0.201. The minimum Gasteiger partial charge on any atom is -0.481 e. The van der Waals surface area contributed by atoms with Gasteiger partial charge in [0, 0.05) is 30.2 Å². The summed E-state index contributed by atoms with van der Waals surface area (Å²) in [6.07, 6.45) is 2.16. The molecule has 116 valence electrons. The number of thioether (sulfide) groups is 1. The number of likely N-dealkylation sites (tertiary alicyclic amines) is 1. The van der Waals surface area contributed by atoms with Crippen LogP contribution >= 0.6 is 11.8 Å². The van der Waals surface area contributed by atoms with E-state index >= 15 is 0 Å². The molecule has 0 radical (unpaired) electrons. The molecule has 1 N–H and O–H groups in total. The number of aliphatic carboxylic acids is 1. The average molecular weight is 315 g/mol. The molecular formula is C15H19F2NO2S. The van der Waals surface area contributed by atoms with Gasteiger partial charge in [-0.2, -0.15) is 0 Å². The van der Waals surface area contributed by atoms with E-state index in [-0.39, 0.29) is 12.3 Å². The molecule has 0 amide bonds. The molecule has 1 unspecified atom stereocenters. The van der Waals surface area contributed by atoms with E-state index in [1.54, 1.807) is 0 Å². The lowest BCUT2D eigenvalue weighted by molar-refractivity contribution is -0.138. The normalized spacial score (nSPS) is 19.6. The van der Waals surface area contributed by atoms with E-state index in [1.807, 2.05) is 0 Å². The van der Waals surface area contributed by atoms with Gasteiger partial charge in [0.15, 0.2) is 0 Å².